The molecule has 0 bridgehead atoms. The quantitative estimate of drug-likeness (QED) is 0.705. The van der Waals surface area contributed by atoms with Crippen LogP contribution in [0.3, 0.4) is 0 Å². The lowest BCUT2D eigenvalue weighted by atomic mass is 10.3. The first-order valence-electron chi connectivity index (χ1n) is 7.70. The van der Waals surface area contributed by atoms with Crippen LogP contribution < -0.4 is 9.46 Å². The average molecular weight is 377 g/mol. The minimum Gasteiger partial charge on any atom is -0.497 e. The molecule has 6 nitrogen and oxygen atoms in total. The van der Waals surface area contributed by atoms with E-state index in [1.54, 1.807) is 42.3 Å². The van der Waals surface area contributed by atoms with E-state index in [9.17, 15) is 8.42 Å². The maximum atomic E-state index is 12.9. The van der Waals surface area contributed by atoms with Crippen molar-refractivity contribution in [3.63, 3.8) is 0 Å². The molecule has 0 amide bonds. The first-order chi connectivity index (χ1) is 11.9. The van der Waals surface area contributed by atoms with Crippen LogP contribution in [0.25, 0.3) is 10.6 Å². The van der Waals surface area contributed by atoms with Gasteiger partial charge in [0.1, 0.15) is 16.3 Å². The van der Waals surface area contributed by atoms with Gasteiger partial charge in [-0.3, -0.25) is 9.40 Å². The van der Waals surface area contributed by atoms with E-state index in [2.05, 4.69) is 9.82 Å². The van der Waals surface area contributed by atoms with Crippen LogP contribution >= 0.6 is 11.3 Å². The standard InChI is InChI=1S/C17H19N3O3S2/c1-12(2)20-11-16(17(18-20)15-5-4-10-24-15)25(21,22)19-13-6-8-14(23-3)9-7-13/h4-12,19H,1-3H3. The first kappa shape index (κ1) is 17.5. The monoisotopic (exact) mass is 377 g/mol. The highest BCUT2D eigenvalue weighted by Crippen LogP contribution is 2.31. The summed E-state index contributed by atoms with van der Waals surface area (Å²) < 4.78 is 35.2. The Labute approximate surface area is 151 Å². The van der Waals surface area contributed by atoms with Crippen LogP contribution in [0.5, 0.6) is 5.75 Å². The zero-order chi connectivity index (χ0) is 18.0. The summed E-state index contributed by atoms with van der Waals surface area (Å²) in [7, 11) is -2.21. The lowest BCUT2D eigenvalue weighted by molar-refractivity contribution is 0.415. The van der Waals surface area contributed by atoms with Crippen molar-refractivity contribution in [2.75, 3.05) is 11.8 Å². The highest BCUT2D eigenvalue weighted by Gasteiger charge is 2.25. The highest BCUT2D eigenvalue weighted by molar-refractivity contribution is 7.92. The maximum absolute atomic E-state index is 12.9. The van der Waals surface area contributed by atoms with Crippen molar-refractivity contribution >= 4 is 27.0 Å². The molecular weight excluding hydrogens is 358 g/mol. The summed E-state index contributed by atoms with van der Waals surface area (Å²) in [4.78, 5) is 0.981. The van der Waals surface area contributed by atoms with E-state index in [4.69, 9.17) is 4.74 Å². The highest BCUT2D eigenvalue weighted by atomic mass is 32.2. The van der Waals surface area contributed by atoms with Gasteiger partial charge < -0.3 is 4.74 Å². The third-order valence-electron chi connectivity index (χ3n) is 3.61. The molecule has 0 fully saturated rings. The molecule has 8 heteroatoms. The van der Waals surface area contributed by atoms with Crippen LogP contribution in [-0.4, -0.2) is 25.3 Å². The topological polar surface area (TPSA) is 73.2 Å². The molecule has 0 aliphatic heterocycles. The van der Waals surface area contributed by atoms with Crippen molar-refractivity contribution in [3.05, 3.63) is 48.0 Å². The van der Waals surface area contributed by atoms with E-state index in [0.29, 0.717) is 17.1 Å². The van der Waals surface area contributed by atoms with Gasteiger partial charge in [-0.15, -0.1) is 11.3 Å². The molecule has 3 aromatic rings. The Hall–Kier alpha value is -2.32. The number of rotatable bonds is 6. The van der Waals surface area contributed by atoms with E-state index in [0.717, 1.165) is 4.88 Å². The number of aromatic nitrogens is 2. The molecule has 1 aromatic carbocycles. The zero-order valence-electron chi connectivity index (χ0n) is 14.1. The number of anilines is 1. The lowest BCUT2D eigenvalue weighted by Crippen LogP contribution is -2.13. The number of benzene rings is 1. The van der Waals surface area contributed by atoms with Crippen LogP contribution in [0.1, 0.15) is 19.9 Å². The zero-order valence-corrected chi connectivity index (χ0v) is 15.8. The molecule has 0 saturated carbocycles. The molecule has 2 heterocycles. The van der Waals surface area contributed by atoms with Gasteiger partial charge in [0, 0.05) is 17.9 Å². The Morgan fingerprint density at radius 2 is 1.92 bits per heavy atom. The summed E-state index contributed by atoms with van der Waals surface area (Å²) in [6.45, 7) is 3.91. The summed E-state index contributed by atoms with van der Waals surface area (Å²) in [5.74, 6) is 0.662. The average Bonchev–Trinajstić information content (AvgIpc) is 3.24. The van der Waals surface area contributed by atoms with E-state index >= 15 is 0 Å². The van der Waals surface area contributed by atoms with Crippen LogP contribution in [-0.2, 0) is 10.0 Å². The summed E-state index contributed by atoms with van der Waals surface area (Å²) in [6.07, 6.45) is 1.57. The molecule has 2 aromatic heterocycles. The molecule has 0 atom stereocenters. The predicted octanol–water partition coefficient (Wildman–Crippen LogP) is 4.00. The van der Waals surface area contributed by atoms with Crippen LogP contribution in [0, 0.1) is 0 Å². The number of sulfonamides is 1. The molecule has 1 N–H and O–H groups in total. The molecule has 0 saturated heterocycles. The summed E-state index contributed by atoms with van der Waals surface area (Å²) in [5, 5.41) is 6.38. The number of hydrogen-bond acceptors (Lipinski definition) is 5. The molecular formula is C17H19N3O3S2. The molecule has 25 heavy (non-hydrogen) atoms. The number of methoxy groups -OCH3 is 1. The molecule has 0 radical (unpaired) electrons. The SMILES string of the molecule is COc1ccc(NS(=O)(=O)c2cn(C(C)C)nc2-c2cccs2)cc1. The molecule has 0 spiro atoms. The second-order valence-electron chi connectivity index (χ2n) is 5.73. The minimum absolute atomic E-state index is 0.0589. The van der Waals surface area contributed by atoms with Gasteiger partial charge in [-0.05, 0) is 49.6 Å². The van der Waals surface area contributed by atoms with Crippen molar-refractivity contribution in [1.82, 2.24) is 9.78 Å². The summed E-state index contributed by atoms with van der Waals surface area (Å²) >= 11 is 1.46. The Kier molecular flexibility index (Phi) is 4.82. The smallest absolute Gasteiger partial charge is 0.265 e. The van der Waals surface area contributed by atoms with Gasteiger partial charge in [0.25, 0.3) is 10.0 Å². The number of nitrogens with one attached hydrogen (secondary N) is 1. The van der Waals surface area contributed by atoms with Gasteiger partial charge in [-0.1, -0.05) is 6.07 Å². The van der Waals surface area contributed by atoms with Crippen molar-refractivity contribution in [2.24, 2.45) is 0 Å². The van der Waals surface area contributed by atoms with Gasteiger partial charge >= 0.3 is 0 Å². The van der Waals surface area contributed by atoms with E-state index < -0.39 is 10.0 Å². The van der Waals surface area contributed by atoms with Crippen molar-refractivity contribution in [1.29, 1.82) is 0 Å². The third-order valence-corrected chi connectivity index (χ3v) is 5.87. The van der Waals surface area contributed by atoms with Gasteiger partial charge in [-0.2, -0.15) is 5.10 Å². The van der Waals surface area contributed by atoms with Gasteiger partial charge in [0.05, 0.1) is 12.0 Å². The van der Waals surface area contributed by atoms with E-state index in [1.165, 1.54) is 11.3 Å². The molecule has 0 unspecified atom stereocenters. The van der Waals surface area contributed by atoms with Crippen LogP contribution in [0.4, 0.5) is 5.69 Å². The summed E-state index contributed by atoms with van der Waals surface area (Å²) in [6, 6.07) is 10.5. The molecule has 0 aliphatic rings. The van der Waals surface area contributed by atoms with Gasteiger partial charge in [0.2, 0.25) is 0 Å². The Morgan fingerprint density at radius 3 is 2.48 bits per heavy atom. The minimum atomic E-state index is -3.77. The summed E-state index contributed by atoms with van der Waals surface area (Å²) in [5.41, 5.74) is 0.930. The fraction of sp³-hybridized carbons (Fsp3) is 0.235. The Morgan fingerprint density at radius 1 is 1.20 bits per heavy atom. The molecule has 3 rings (SSSR count). The van der Waals surface area contributed by atoms with Crippen molar-refractivity contribution < 1.29 is 13.2 Å². The van der Waals surface area contributed by atoms with Crippen molar-refractivity contribution in [3.8, 4) is 16.3 Å². The normalized spacial score (nSPS) is 11.7. The Balaban J connectivity index is 2.00. The van der Waals surface area contributed by atoms with Crippen LogP contribution in [0.2, 0.25) is 0 Å². The lowest BCUT2D eigenvalue weighted by Gasteiger charge is -2.08. The largest absolute Gasteiger partial charge is 0.497 e. The van der Waals surface area contributed by atoms with E-state index in [1.807, 2.05) is 31.4 Å². The van der Waals surface area contributed by atoms with Crippen LogP contribution in [0.15, 0.2) is 52.9 Å². The predicted molar refractivity (Wildman–Crippen MR) is 99.7 cm³/mol. The van der Waals surface area contributed by atoms with Crippen molar-refractivity contribution in [2.45, 2.75) is 24.8 Å². The number of hydrogen-bond donors (Lipinski definition) is 1. The number of ether oxygens (including phenoxy) is 1. The third kappa shape index (κ3) is 3.69. The fourth-order valence-electron chi connectivity index (χ4n) is 2.29. The van der Waals surface area contributed by atoms with Gasteiger partial charge in [-0.25, -0.2) is 8.42 Å². The van der Waals surface area contributed by atoms with E-state index in [-0.39, 0.29) is 10.9 Å². The maximum Gasteiger partial charge on any atom is 0.265 e. The van der Waals surface area contributed by atoms with Gasteiger partial charge in [0.15, 0.2) is 0 Å². The number of thiophene rings is 1. The molecule has 0 aliphatic carbocycles. The first-order valence-corrected chi connectivity index (χ1v) is 10.1. The fourth-order valence-corrected chi connectivity index (χ4v) is 4.29. The Bertz CT molecular complexity index is 944. The molecule has 132 valence electrons. The number of nitrogens with zero attached hydrogens (tertiary/aromatic N) is 2. The second kappa shape index (κ2) is 6.89. The second-order valence-corrected chi connectivity index (χ2v) is 8.33.